The van der Waals surface area contributed by atoms with Gasteiger partial charge in [-0.15, -0.1) is 23.1 Å². The van der Waals surface area contributed by atoms with Crippen LogP contribution >= 0.6 is 23.1 Å². The Morgan fingerprint density at radius 3 is 2.47 bits per heavy atom. The first kappa shape index (κ1) is 12.6. The first-order valence-electron chi connectivity index (χ1n) is 6.02. The van der Waals surface area contributed by atoms with E-state index in [1.807, 2.05) is 6.07 Å². The minimum absolute atomic E-state index is 0.915. The topological polar surface area (TPSA) is 9.23 Å². The molecule has 1 nitrogen and oxygen atoms in total. The number of methoxy groups -OCH3 is 1. The fraction of sp³-hybridized carbons (Fsp3) is 0.125. The second-order valence-corrected chi connectivity index (χ2v) is 6.21. The highest BCUT2D eigenvalue weighted by Gasteiger charge is 2.05. The Labute approximate surface area is 121 Å². The van der Waals surface area contributed by atoms with Crippen molar-refractivity contribution in [3.05, 3.63) is 48.5 Å². The molecule has 3 heteroatoms. The second kappa shape index (κ2) is 5.27. The monoisotopic (exact) mass is 286 g/mol. The predicted octanol–water partition coefficient (Wildman–Crippen LogP) is 5.30. The van der Waals surface area contributed by atoms with Gasteiger partial charge in [-0.2, -0.15) is 0 Å². The van der Waals surface area contributed by atoms with Crippen LogP contribution in [0.15, 0.2) is 53.4 Å². The van der Waals surface area contributed by atoms with E-state index in [4.69, 9.17) is 4.74 Å². The van der Waals surface area contributed by atoms with Gasteiger partial charge in [0.1, 0.15) is 5.75 Å². The van der Waals surface area contributed by atoms with E-state index in [0.29, 0.717) is 0 Å². The molecule has 96 valence electrons. The zero-order valence-corrected chi connectivity index (χ0v) is 12.5. The fourth-order valence-electron chi connectivity index (χ4n) is 2.04. The molecule has 0 saturated carbocycles. The van der Waals surface area contributed by atoms with E-state index in [0.717, 1.165) is 5.75 Å². The van der Waals surface area contributed by atoms with Crippen LogP contribution < -0.4 is 4.74 Å². The highest BCUT2D eigenvalue weighted by atomic mass is 32.2. The fourth-order valence-corrected chi connectivity index (χ4v) is 3.54. The van der Waals surface area contributed by atoms with E-state index in [-0.39, 0.29) is 0 Å². The van der Waals surface area contributed by atoms with E-state index in [9.17, 15) is 0 Å². The van der Waals surface area contributed by atoms with Gasteiger partial charge in [-0.3, -0.25) is 0 Å². The smallest absolute Gasteiger partial charge is 0.120 e. The first-order chi connectivity index (χ1) is 9.30. The summed E-state index contributed by atoms with van der Waals surface area (Å²) >= 11 is 3.58. The first-order valence-corrected chi connectivity index (χ1v) is 8.06. The van der Waals surface area contributed by atoms with E-state index in [1.165, 1.54) is 25.4 Å². The molecule has 0 radical (unpaired) electrons. The SMILES string of the molecule is COc1ccc2cc(-c3ccc(SC)cc3)sc2c1. The van der Waals surface area contributed by atoms with Crippen molar-refractivity contribution in [2.24, 2.45) is 0 Å². The zero-order chi connectivity index (χ0) is 13.2. The van der Waals surface area contributed by atoms with Gasteiger partial charge in [-0.1, -0.05) is 12.1 Å². The van der Waals surface area contributed by atoms with Crippen molar-refractivity contribution in [3.63, 3.8) is 0 Å². The maximum atomic E-state index is 5.27. The quantitative estimate of drug-likeness (QED) is 0.604. The van der Waals surface area contributed by atoms with Crippen LogP contribution in [0.25, 0.3) is 20.5 Å². The number of fused-ring (bicyclic) bond motifs is 1. The summed E-state index contributed by atoms with van der Waals surface area (Å²) in [4.78, 5) is 2.60. The summed E-state index contributed by atoms with van der Waals surface area (Å²) in [6.45, 7) is 0. The summed E-state index contributed by atoms with van der Waals surface area (Å²) in [6.07, 6.45) is 2.10. The summed E-state index contributed by atoms with van der Waals surface area (Å²) in [5, 5.41) is 1.27. The minimum Gasteiger partial charge on any atom is -0.497 e. The molecule has 0 aliphatic heterocycles. The molecule has 0 bridgehead atoms. The Morgan fingerprint density at radius 1 is 1.00 bits per heavy atom. The minimum atomic E-state index is 0.915. The summed E-state index contributed by atoms with van der Waals surface area (Å²) in [6, 6.07) is 17.2. The van der Waals surface area contributed by atoms with E-state index in [1.54, 1.807) is 30.2 Å². The van der Waals surface area contributed by atoms with Crippen molar-refractivity contribution >= 4 is 33.2 Å². The lowest BCUT2D eigenvalue weighted by molar-refractivity contribution is 0.415. The van der Waals surface area contributed by atoms with Gasteiger partial charge >= 0.3 is 0 Å². The molecule has 19 heavy (non-hydrogen) atoms. The Hall–Kier alpha value is -1.45. The largest absolute Gasteiger partial charge is 0.497 e. The Kier molecular flexibility index (Phi) is 3.49. The maximum absolute atomic E-state index is 5.27. The molecule has 3 rings (SSSR count). The molecule has 1 aromatic heterocycles. The molecule has 0 fully saturated rings. The zero-order valence-electron chi connectivity index (χ0n) is 10.8. The van der Waals surface area contributed by atoms with Crippen molar-refractivity contribution in [3.8, 4) is 16.2 Å². The van der Waals surface area contributed by atoms with Gasteiger partial charge in [0.05, 0.1) is 7.11 Å². The maximum Gasteiger partial charge on any atom is 0.120 e. The average molecular weight is 286 g/mol. The Morgan fingerprint density at radius 2 is 1.79 bits per heavy atom. The molecule has 2 aromatic carbocycles. The third kappa shape index (κ3) is 2.48. The number of hydrogen-bond donors (Lipinski definition) is 0. The number of rotatable bonds is 3. The van der Waals surface area contributed by atoms with Crippen LogP contribution in [-0.2, 0) is 0 Å². The molecule has 0 N–H and O–H groups in total. The molecule has 0 saturated heterocycles. The number of benzene rings is 2. The van der Waals surface area contributed by atoms with Crippen molar-refractivity contribution in [1.29, 1.82) is 0 Å². The van der Waals surface area contributed by atoms with Gasteiger partial charge < -0.3 is 4.74 Å². The Balaban J connectivity index is 2.04. The van der Waals surface area contributed by atoms with Crippen LogP contribution in [0.1, 0.15) is 0 Å². The summed E-state index contributed by atoms with van der Waals surface area (Å²) in [5.41, 5.74) is 1.28. The molecule has 0 unspecified atom stereocenters. The normalized spacial score (nSPS) is 10.8. The lowest BCUT2D eigenvalue weighted by Gasteiger charge is -1.98. The lowest BCUT2D eigenvalue weighted by Crippen LogP contribution is -1.79. The molecular weight excluding hydrogens is 272 g/mol. The third-order valence-electron chi connectivity index (χ3n) is 3.10. The molecule has 0 spiro atoms. The second-order valence-electron chi connectivity index (χ2n) is 4.24. The molecule has 0 aliphatic rings. The highest BCUT2D eigenvalue weighted by Crippen LogP contribution is 2.35. The standard InChI is InChI=1S/C16H14OS2/c1-17-13-6-3-12-9-15(19-16(12)10-13)11-4-7-14(18-2)8-5-11/h3-10H,1-2H3. The molecule has 0 aliphatic carbocycles. The van der Waals surface area contributed by atoms with Crippen LogP contribution in [0.5, 0.6) is 5.75 Å². The van der Waals surface area contributed by atoms with Crippen molar-refractivity contribution in [1.82, 2.24) is 0 Å². The van der Waals surface area contributed by atoms with Crippen LogP contribution in [0.2, 0.25) is 0 Å². The van der Waals surface area contributed by atoms with E-state index in [2.05, 4.69) is 48.7 Å². The van der Waals surface area contributed by atoms with Gasteiger partial charge in [-0.25, -0.2) is 0 Å². The van der Waals surface area contributed by atoms with Crippen molar-refractivity contribution in [2.75, 3.05) is 13.4 Å². The molecule has 0 amide bonds. The lowest BCUT2D eigenvalue weighted by atomic mass is 10.1. The summed E-state index contributed by atoms with van der Waals surface area (Å²) < 4.78 is 6.54. The summed E-state index contributed by atoms with van der Waals surface area (Å²) in [7, 11) is 1.71. The predicted molar refractivity (Wildman–Crippen MR) is 85.6 cm³/mol. The average Bonchev–Trinajstić information content (AvgIpc) is 2.90. The van der Waals surface area contributed by atoms with Crippen molar-refractivity contribution in [2.45, 2.75) is 4.90 Å². The highest BCUT2D eigenvalue weighted by molar-refractivity contribution is 7.98. The Bertz CT molecular complexity index is 698. The van der Waals surface area contributed by atoms with Gasteiger partial charge in [0.2, 0.25) is 0 Å². The van der Waals surface area contributed by atoms with Gasteiger partial charge in [0, 0.05) is 14.5 Å². The van der Waals surface area contributed by atoms with E-state index < -0.39 is 0 Å². The van der Waals surface area contributed by atoms with Crippen LogP contribution in [0, 0.1) is 0 Å². The van der Waals surface area contributed by atoms with Crippen LogP contribution in [-0.4, -0.2) is 13.4 Å². The number of thiophene rings is 1. The molecule has 1 heterocycles. The van der Waals surface area contributed by atoms with Gasteiger partial charge in [0.15, 0.2) is 0 Å². The number of ether oxygens (including phenoxy) is 1. The van der Waals surface area contributed by atoms with E-state index >= 15 is 0 Å². The molecular formula is C16H14OS2. The molecule has 3 aromatic rings. The third-order valence-corrected chi connectivity index (χ3v) is 4.99. The number of hydrogen-bond acceptors (Lipinski definition) is 3. The van der Waals surface area contributed by atoms with Crippen LogP contribution in [0.4, 0.5) is 0 Å². The van der Waals surface area contributed by atoms with Gasteiger partial charge in [-0.05, 0) is 53.6 Å². The number of thioether (sulfide) groups is 1. The van der Waals surface area contributed by atoms with Crippen molar-refractivity contribution < 1.29 is 4.74 Å². The molecule has 0 atom stereocenters. The van der Waals surface area contributed by atoms with Crippen LogP contribution in [0.3, 0.4) is 0 Å². The summed E-state index contributed by atoms with van der Waals surface area (Å²) in [5.74, 6) is 0.915. The van der Waals surface area contributed by atoms with Gasteiger partial charge in [0.25, 0.3) is 0 Å².